The molecule has 0 bridgehead atoms. The van der Waals surface area contributed by atoms with E-state index >= 15 is 0 Å². The average Bonchev–Trinajstić information content (AvgIpc) is 1.98. The van der Waals surface area contributed by atoms with Gasteiger partial charge in [0.25, 0.3) is 0 Å². The SMILES string of the molecule is [CH2]CC(CCCC)[SiH2]OC. The zero-order chi connectivity index (χ0) is 7.82. The van der Waals surface area contributed by atoms with Crippen LogP contribution in [0.4, 0.5) is 0 Å². The zero-order valence-corrected chi connectivity index (χ0v) is 8.64. The highest BCUT2D eigenvalue weighted by Gasteiger charge is 2.04. The van der Waals surface area contributed by atoms with Gasteiger partial charge in [-0.05, 0) is 5.54 Å². The van der Waals surface area contributed by atoms with Gasteiger partial charge in [-0.3, -0.25) is 0 Å². The summed E-state index contributed by atoms with van der Waals surface area (Å²) in [5.74, 6) is 0. The van der Waals surface area contributed by atoms with Crippen LogP contribution in [0.1, 0.15) is 32.6 Å². The fraction of sp³-hybridized carbons (Fsp3) is 0.875. The summed E-state index contributed by atoms with van der Waals surface area (Å²) in [4.78, 5) is 0. The van der Waals surface area contributed by atoms with Crippen molar-refractivity contribution in [3.63, 3.8) is 0 Å². The highest BCUT2D eigenvalue weighted by molar-refractivity contribution is 6.29. The van der Waals surface area contributed by atoms with Gasteiger partial charge in [0.15, 0.2) is 9.76 Å². The molecule has 0 N–H and O–H groups in total. The van der Waals surface area contributed by atoms with Crippen LogP contribution in [0.15, 0.2) is 0 Å². The van der Waals surface area contributed by atoms with E-state index in [1.807, 2.05) is 7.11 Å². The summed E-state index contributed by atoms with van der Waals surface area (Å²) in [5.41, 5.74) is 0.824. The smallest absolute Gasteiger partial charge is 0.164 e. The molecule has 0 aliphatic rings. The number of hydrogen-bond donors (Lipinski definition) is 0. The second-order valence-corrected chi connectivity index (χ2v) is 4.82. The minimum absolute atomic E-state index is 0.247. The minimum atomic E-state index is -0.247. The molecule has 0 heterocycles. The molecule has 1 radical (unpaired) electrons. The molecule has 61 valence electrons. The summed E-state index contributed by atoms with van der Waals surface area (Å²) in [7, 11) is 1.57. The van der Waals surface area contributed by atoms with Gasteiger partial charge in [-0.15, -0.1) is 0 Å². The molecule has 0 aromatic carbocycles. The van der Waals surface area contributed by atoms with Crippen LogP contribution < -0.4 is 0 Å². The molecular weight excluding hydrogens is 140 g/mol. The highest BCUT2D eigenvalue weighted by Crippen LogP contribution is 2.16. The summed E-state index contributed by atoms with van der Waals surface area (Å²) in [6, 6.07) is 0. The molecule has 0 spiro atoms. The van der Waals surface area contributed by atoms with Crippen LogP contribution in [-0.2, 0) is 4.43 Å². The van der Waals surface area contributed by atoms with Crippen molar-refractivity contribution in [2.24, 2.45) is 0 Å². The normalized spacial score (nSPS) is 14.7. The lowest BCUT2D eigenvalue weighted by atomic mass is 10.2. The Balaban J connectivity index is 3.21. The van der Waals surface area contributed by atoms with Gasteiger partial charge in [-0.1, -0.05) is 39.5 Å². The molecule has 0 aromatic rings. The van der Waals surface area contributed by atoms with Crippen LogP contribution in [0.5, 0.6) is 0 Å². The van der Waals surface area contributed by atoms with E-state index in [2.05, 4.69) is 13.8 Å². The first-order chi connectivity index (χ1) is 4.85. The van der Waals surface area contributed by atoms with Gasteiger partial charge in [0.2, 0.25) is 0 Å². The van der Waals surface area contributed by atoms with Crippen molar-refractivity contribution in [1.82, 2.24) is 0 Å². The lowest BCUT2D eigenvalue weighted by Crippen LogP contribution is -2.04. The van der Waals surface area contributed by atoms with Gasteiger partial charge < -0.3 is 4.43 Å². The highest BCUT2D eigenvalue weighted by atomic mass is 28.2. The monoisotopic (exact) mass is 159 g/mol. The second kappa shape index (κ2) is 7.29. The van der Waals surface area contributed by atoms with Crippen LogP contribution in [0.3, 0.4) is 0 Å². The first-order valence-electron chi connectivity index (χ1n) is 4.13. The van der Waals surface area contributed by atoms with Crippen LogP contribution in [0, 0.1) is 6.92 Å². The number of unbranched alkanes of at least 4 members (excludes halogenated alkanes) is 1. The summed E-state index contributed by atoms with van der Waals surface area (Å²) < 4.78 is 5.19. The van der Waals surface area contributed by atoms with E-state index in [0.29, 0.717) is 0 Å². The van der Waals surface area contributed by atoms with E-state index in [0.717, 1.165) is 12.0 Å². The van der Waals surface area contributed by atoms with Gasteiger partial charge in [0.1, 0.15) is 0 Å². The Morgan fingerprint density at radius 2 is 2.30 bits per heavy atom. The standard InChI is InChI=1S/C8H19OSi/c1-4-6-7-8(5-2)10-9-3/h8H,2,4-7,10H2,1,3H3. The molecule has 10 heavy (non-hydrogen) atoms. The Bertz CT molecular complexity index is 66.3. The second-order valence-electron chi connectivity index (χ2n) is 2.75. The van der Waals surface area contributed by atoms with E-state index in [1.165, 1.54) is 19.3 Å². The Morgan fingerprint density at radius 1 is 1.60 bits per heavy atom. The third kappa shape index (κ3) is 5.00. The summed E-state index contributed by atoms with van der Waals surface area (Å²) in [5, 5.41) is 0. The molecule has 0 saturated carbocycles. The van der Waals surface area contributed by atoms with E-state index in [9.17, 15) is 0 Å². The molecule has 1 atom stereocenters. The topological polar surface area (TPSA) is 9.23 Å². The van der Waals surface area contributed by atoms with Crippen molar-refractivity contribution in [2.75, 3.05) is 7.11 Å². The maximum absolute atomic E-state index is 5.19. The van der Waals surface area contributed by atoms with E-state index in [-0.39, 0.29) is 9.76 Å². The predicted octanol–water partition coefficient (Wildman–Crippen LogP) is 1.92. The predicted molar refractivity (Wildman–Crippen MR) is 48.8 cm³/mol. The summed E-state index contributed by atoms with van der Waals surface area (Å²) in [6.45, 7) is 6.14. The van der Waals surface area contributed by atoms with Crippen molar-refractivity contribution in [3.05, 3.63) is 6.92 Å². The Labute approximate surface area is 67.1 Å². The zero-order valence-electron chi connectivity index (χ0n) is 7.23. The molecule has 0 aromatic heterocycles. The molecule has 0 aliphatic heterocycles. The molecule has 0 rings (SSSR count). The molecular formula is C8H19OSi. The van der Waals surface area contributed by atoms with Crippen molar-refractivity contribution in [3.8, 4) is 0 Å². The van der Waals surface area contributed by atoms with E-state index in [4.69, 9.17) is 4.43 Å². The minimum Gasteiger partial charge on any atom is -0.427 e. The van der Waals surface area contributed by atoms with E-state index < -0.39 is 0 Å². The average molecular weight is 159 g/mol. The number of rotatable bonds is 6. The van der Waals surface area contributed by atoms with Gasteiger partial charge in [0.05, 0.1) is 0 Å². The Hall–Kier alpha value is 0.177. The molecule has 2 heteroatoms. The van der Waals surface area contributed by atoms with E-state index in [1.54, 1.807) is 0 Å². The maximum Gasteiger partial charge on any atom is 0.164 e. The summed E-state index contributed by atoms with van der Waals surface area (Å²) >= 11 is 0. The van der Waals surface area contributed by atoms with Gasteiger partial charge in [-0.2, -0.15) is 0 Å². The van der Waals surface area contributed by atoms with Crippen molar-refractivity contribution in [1.29, 1.82) is 0 Å². The third-order valence-electron chi connectivity index (χ3n) is 1.78. The van der Waals surface area contributed by atoms with Crippen molar-refractivity contribution in [2.45, 2.75) is 38.1 Å². The molecule has 0 aliphatic carbocycles. The number of hydrogen-bond acceptors (Lipinski definition) is 1. The summed E-state index contributed by atoms with van der Waals surface area (Å²) in [6.07, 6.45) is 5.05. The first kappa shape index (κ1) is 10.2. The molecule has 1 unspecified atom stereocenters. The fourth-order valence-electron chi connectivity index (χ4n) is 1.04. The molecule has 0 saturated heterocycles. The molecule has 0 amide bonds. The Kier molecular flexibility index (Phi) is 7.41. The van der Waals surface area contributed by atoms with Crippen molar-refractivity contribution >= 4 is 9.76 Å². The molecule has 0 fully saturated rings. The van der Waals surface area contributed by atoms with Gasteiger partial charge in [-0.25, -0.2) is 0 Å². The third-order valence-corrected chi connectivity index (χ3v) is 3.40. The lowest BCUT2D eigenvalue weighted by molar-refractivity contribution is 0.424. The first-order valence-corrected chi connectivity index (χ1v) is 5.52. The fourth-order valence-corrected chi connectivity index (χ4v) is 2.13. The largest absolute Gasteiger partial charge is 0.427 e. The van der Waals surface area contributed by atoms with Crippen LogP contribution >= 0.6 is 0 Å². The van der Waals surface area contributed by atoms with Crippen molar-refractivity contribution < 1.29 is 4.43 Å². The Morgan fingerprint density at radius 3 is 2.70 bits per heavy atom. The maximum atomic E-state index is 5.19. The quantitative estimate of drug-likeness (QED) is 0.538. The molecule has 1 nitrogen and oxygen atoms in total. The van der Waals surface area contributed by atoms with Crippen LogP contribution in [0.25, 0.3) is 0 Å². The van der Waals surface area contributed by atoms with Gasteiger partial charge >= 0.3 is 0 Å². The lowest BCUT2D eigenvalue weighted by Gasteiger charge is -2.10. The van der Waals surface area contributed by atoms with Crippen LogP contribution in [-0.4, -0.2) is 16.9 Å². The van der Waals surface area contributed by atoms with Crippen LogP contribution in [0.2, 0.25) is 5.54 Å². The van der Waals surface area contributed by atoms with Gasteiger partial charge in [0, 0.05) is 7.11 Å².